The first-order valence-corrected chi connectivity index (χ1v) is 23.7. The molecule has 3 fully saturated rings. The molecule has 2 N–H and O–H groups in total. The molecular formula is C48H66N8O7S. The van der Waals surface area contributed by atoms with Crippen LogP contribution >= 0.6 is 11.3 Å². The third-order valence-electron chi connectivity index (χ3n) is 13.3. The van der Waals surface area contributed by atoms with Crippen LogP contribution in [0.3, 0.4) is 0 Å². The zero-order chi connectivity index (χ0) is 46.0. The quantitative estimate of drug-likeness (QED) is 0.140. The number of esters is 1. The largest absolute Gasteiger partial charge is 0.464 e. The standard InChI is InChI=1S/C48H66N8O7S/c1-11-31(39(49-12-2)29(6)61-10)41-33-25-48(7,8)27-63-47(60)34-16-15-19-56(52-34)46(59)40(51-43(57)37-28(5)38(37)45(58)54-22-20-53(9)21-23-54)42(62-14-4)44-50-35(26-64-44)30-17-18-36(32(33)24-30)55(41)13-3/h11-12,17-18,24,26,28-29,34,37-38,40,42,52H,1,13-16,19-23,25,27H2,2-10H3,(H,51,57)/b39-31+,49-12-/t28-,29+,34+,37-,38-,40+,42+/m1/s1. The van der Waals surface area contributed by atoms with Crippen LogP contribution in [-0.2, 0) is 46.4 Å². The van der Waals surface area contributed by atoms with E-state index >= 15 is 0 Å². The molecule has 64 heavy (non-hydrogen) atoms. The molecule has 7 rings (SSSR count). The lowest BCUT2D eigenvalue weighted by molar-refractivity contribution is -0.156. The second-order valence-electron chi connectivity index (χ2n) is 18.3. The molecule has 3 aliphatic heterocycles. The number of piperazine rings is 1. The highest BCUT2D eigenvalue weighted by Gasteiger charge is 2.58. The van der Waals surface area contributed by atoms with Crippen molar-refractivity contribution in [1.82, 2.24) is 35.1 Å². The number of rotatable bonds is 11. The maximum atomic E-state index is 14.8. The first-order chi connectivity index (χ1) is 30.7. The number of carbonyl (C=O) groups is 4. The van der Waals surface area contributed by atoms with Crippen LogP contribution in [0.25, 0.3) is 27.7 Å². The van der Waals surface area contributed by atoms with Gasteiger partial charge in [0.15, 0.2) is 0 Å². The fourth-order valence-electron chi connectivity index (χ4n) is 9.58. The molecule has 0 radical (unpaired) electrons. The molecule has 1 aliphatic carbocycles. The first kappa shape index (κ1) is 47.2. The van der Waals surface area contributed by atoms with Gasteiger partial charge in [0.2, 0.25) is 11.8 Å². The van der Waals surface area contributed by atoms with Gasteiger partial charge in [-0.1, -0.05) is 39.5 Å². The maximum absolute atomic E-state index is 14.8. The summed E-state index contributed by atoms with van der Waals surface area (Å²) in [6, 6.07) is 4.30. The molecule has 7 atom stereocenters. The van der Waals surface area contributed by atoms with E-state index < -0.39 is 47.3 Å². The lowest BCUT2D eigenvalue weighted by Crippen LogP contribution is -2.61. The van der Waals surface area contributed by atoms with E-state index in [9.17, 15) is 19.2 Å². The molecule has 0 unspecified atom stereocenters. The molecule has 346 valence electrons. The van der Waals surface area contributed by atoms with E-state index in [-0.39, 0.29) is 37.0 Å². The summed E-state index contributed by atoms with van der Waals surface area (Å²) < 4.78 is 20.6. The van der Waals surface area contributed by atoms with Crippen LogP contribution in [0.5, 0.6) is 0 Å². The van der Waals surface area contributed by atoms with E-state index in [0.29, 0.717) is 56.1 Å². The lowest BCUT2D eigenvalue weighted by Gasteiger charge is -2.37. The second-order valence-corrected chi connectivity index (χ2v) is 19.2. The molecule has 2 aromatic heterocycles. The number of aryl methyl sites for hydroxylation is 1. The number of amides is 3. The van der Waals surface area contributed by atoms with E-state index in [4.69, 9.17) is 24.2 Å². The van der Waals surface area contributed by atoms with Crippen LogP contribution in [0.4, 0.5) is 0 Å². The number of thiazole rings is 1. The Kier molecular flexibility index (Phi) is 14.6. The van der Waals surface area contributed by atoms with E-state index in [1.165, 1.54) is 16.3 Å². The number of cyclic esters (lactones) is 1. The van der Waals surface area contributed by atoms with Gasteiger partial charge in [0.1, 0.15) is 23.2 Å². The molecular weight excluding hydrogens is 833 g/mol. The highest BCUT2D eigenvalue weighted by Crippen LogP contribution is 2.48. The Hall–Kier alpha value is -4.74. The van der Waals surface area contributed by atoms with Crippen molar-refractivity contribution >= 4 is 57.7 Å². The molecule has 4 aliphatic rings. The van der Waals surface area contributed by atoms with Gasteiger partial charge in [-0.25, -0.2) is 10.4 Å². The third kappa shape index (κ3) is 9.48. The summed E-state index contributed by atoms with van der Waals surface area (Å²) in [6.45, 7) is 22.3. The Morgan fingerprint density at radius 1 is 1.16 bits per heavy atom. The minimum atomic E-state index is -1.22. The Labute approximate surface area is 381 Å². The smallest absolute Gasteiger partial charge is 0.324 e. The lowest BCUT2D eigenvalue weighted by atomic mass is 9.84. The van der Waals surface area contributed by atoms with Gasteiger partial charge in [0, 0.05) is 92.0 Å². The monoisotopic (exact) mass is 898 g/mol. The van der Waals surface area contributed by atoms with Gasteiger partial charge in [0.25, 0.3) is 5.91 Å². The summed E-state index contributed by atoms with van der Waals surface area (Å²) in [5.41, 5.74) is 8.83. The molecule has 1 saturated carbocycles. The van der Waals surface area contributed by atoms with Gasteiger partial charge in [-0.05, 0) is 77.6 Å². The number of hydrazine groups is 1. The molecule has 6 bridgehead atoms. The predicted octanol–water partition coefficient (Wildman–Crippen LogP) is 5.65. The third-order valence-corrected chi connectivity index (χ3v) is 14.2. The number of benzene rings is 1. The Morgan fingerprint density at radius 3 is 2.58 bits per heavy atom. The van der Waals surface area contributed by atoms with E-state index in [0.717, 1.165) is 52.1 Å². The maximum Gasteiger partial charge on any atom is 0.324 e. The highest BCUT2D eigenvalue weighted by atomic mass is 32.1. The van der Waals surface area contributed by atoms with Crippen molar-refractivity contribution in [2.24, 2.45) is 28.2 Å². The minimum Gasteiger partial charge on any atom is -0.464 e. The van der Waals surface area contributed by atoms with Crippen molar-refractivity contribution < 1.29 is 33.4 Å². The molecule has 16 heteroatoms. The summed E-state index contributed by atoms with van der Waals surface area (Å²) in [5, 5.41) is 7.96. The summed E-state index contributed by atoms with van der Waals surface area (Å²) in [5.74, 6) is -2.59. The number of hydrogen-bond donors (Lipinski definition) is 2. The molecule has 3 aromatic rings. The number of carbonyl (C=O) groups excluding carboxylic acids is 4. The number of ether oxygens (including phenoxy) is 3. The number of allylic oxidation sites excluding steroid dienone is 2. The van der Waals surface area contributed by atoms with Crippen LogP contribution in [0, 0.1) is 23.2 Å². The number of methoxy groups -OCH3 is 1. The van der Waals surface area contributed by atoms with Crippen molar-refractivity contribution in [3.63, 3.8) is 0 Å². The summed E-state index contributed by atoms with van der Waals surface area (Å²) in [7, 11) is 3.70. The predicted molar refractivity (Wildman–Crippen MR) is 249 cm³/mol. The Bertz CT molecular complexity index is 2310. The minimum absolute atomic E-state index is 0.0253. The first-order valence-electron chi connectivity index (χ1n) is 22.8. The van der Waals surface area contributed by atoms with Crippen LogP contribution < -0.4 is 10.7 Å². The summed E-state index contributed by atoms with van der Waals surface area (Å²) >= 11 is 1.36. The Balaban J connectivity index is 1.33. The van der Waals surface area contributed by atoms with Gasteiger partial charge in [-0.2, -0.15) is 0 Å². The molecule has 15 nitrogen and oxygen atoms in total. The van der Waals surface area contributed by atoms with Gasteiger partial charge in [0.05, 0.1) is 41.6 Å². The van der Waals surface area contributed by atoms with E-state index in [1.807, 2.05) is 51.1 Å². The van der Waals surface area contributed by atoms with Crippen LogP contribution in [0.2, 0.25) is 0 Å². The topological polar surface area (TPSA) is 160 Å². The van der Waals surface area contributed by atoms with E-state index in [1.54, 1.807) is 13.3 Å². The van der Waals surface area contributed by atoms with Crippen LogP contribution in [-0.4, -0.2) is 133 Å². The number of likely N-dealkylation sites (N-methyl/N-ethyl adjacent to an activating group) is 1. The number of aliphatic imine (C=N–C) groups is 1. The normalized spacial score (nSPS) is 26.3. The highest BCUT2D eigenvalue weighted by molar-refractivity contribution is 7.10. The SMILES string of the molecule is C=C/C(=C(\N=C/C)[C@H](C)OC)c1c2c3cc(ccc3n1CC)-c1csc(n1)[C@@H](OCC)[C@H](NC(=O)[C@@H]1[C@@H](C)[C@H]1C(=O)N1CCN(C)CC1)C(=O)N1CCC[C@H](N1)C(=O)OCC(C)(C)C2. The second kappa shape index (κ2) is 19.8. The van der Waals surface area contributed by atoms with Gasteiger partial charge in [-0.15, -0.1) is 11.3 Å². The van der Waals surface area contributed by atoms with Crippen molar-refractivity contribution in [2.45, 2.75) is 98.6 Å². The van der Waals surface area contributed by atoms with Crippen molar-refractivity contribution in [3.05, 3.63) is 58.2 Å². The number of nitrogens with zero attached hydrogens (tertiary/aromatic N) is 6. The molecule has 1 aromatic carbocycles. The number of fused-ring (bicyclic) bond motifs is 6. The van der Waals surface area contributed by atoms with Gasteiger partial charge in [-0.3, -0.25) is 29.2 Å². The fourth-order valence-corrected chi connectivity index (χ4v) is 10.5. The van der Waals surface area contributed by atoms with Crippen molar-refractivity contribution in [3.8, 4) is 11.3 Å². The number of aromatic nitrogens is 2. The fraction of sp³-hybridized carbons (Fsp3) is 0.583. The number of hydrogen-bond acceptors (Lipinski definition) is 12. The number of nitrogens with one attached hydrogen (secondary N) is 2. The zero-order valence-electron chi connectivity index (χ0n) is 38.9. The molecule has 3 amide bonds. The summed E-state index contributed by atoms with van der Waals surface area (Å²) in [4.78, 5) is 70.8. The van der Waals surface area contributed by atoms with Crippen LogP contribution in [0.15, 0.2) is 46.9 Å². The molecule has 5 heterocycles. The zero-order valence-corrected chi connectivity index (χ0v) is 39.8. The Morgan fingerprint density at radius 2 is 1.91 bits per heavy atom. The molecule has 0 spiro atoms. The van der Waals surface area contributed by atoms with E-state index in [2.05, 4.69) is 65.8 Å². The van der Waals surface area contributed by atoms with Gasteiger partial charge < -0.3 is 33.9 Å². The summed E-state index contributed by atoms with van der Waals surface area (Å²) in [6.07, 6.45) is 3.86. The van der Waals surface area contributed by atoms with Crippen LogP contribution in [0.1, 0.15) is 83.7 Å². The van der Waals surface area contributed by atoms with Crippen molar-refractivity contribution in [2.75, 3.05) is 60.1 Å². The average Bonchev–Trinajstić information content (AvgIpc) is 3.57. The van der Waals surface area contributed by atoms with Crippen molar-refractivity contribution in [1.29, 1.82) is 0 Å². The average molecular weight is 899 g/mol. The van der Waals surface area contributed by atoms with Gasteiger partial charge >= 0.3 is 5.97 Å². The molecule has 2 saturated heterocycles.